The number of rotatable bonds is 8. The molecule has 0 aliphatic heterocycles. The topological polar surface area (TPSA) is 168 Å². The normalized spacial score (nSPS) is 11.7. The van der Waals surface area contributed by atoms with Crippen LogP contribution in [0.2, 0.25) is 0 Å². The van der Waals surface area contributed by atoms with Gasteiger partial charge in [-0.05, 0) is 6.07 Å². The molecule has 10 nitrogen and oxygen atoms in total. The second-order valence-electron chi connectivity index (χ2n) is 3.84. The van der Waals surface area contributed by atoms with Gasteiger partial charge in [0.05, 0.1) is 13.2 Å². The summed E-state index contributed by atoms with van der Waals surface area (Å²) in [6, 6.07) is 1.25. The predicted octanol–water partition coefficient (Wildman–Crippen LogP) is -1.73. The van der Waals surface area contributed by atoms with Crippen molar-refractivity contribution < 1.29 is 45.6 Å². The standard InChI is InChI=1S/C10H14O10S2.Na.H/c11-1-3-19-7-5-8(20-4-2-12)10(22(16,17)18)6-9(7)21(13,14)15;;/h5-6,11-12H,1-4H2,(H,13,14,15)(H,16,17,18);;. The number of ether oxygens (including phenoxy) is 2. The van der Waals surface area contributed by atoms with Crippen LogP contribution in [-0.2, 0) is 20.2 Å². The molecule has 0 fully saturated rings. The van der Waals surface area contributed by atoms with Gasteiger partial charge in [-0.1, -0.05) is 0 Å². The molecule has 1 aromatic rings. The van der Waals surface area contributed by atoms with E-state index in [4.69, 9.17) is 28.8 Å². The summed E-state index contributed by atoms with van der Waals surface area (Å²) >= 11 is 0. The SMILES string of the molecule is O=S(=O)(O)c1cc(S(=O)(=O)O)c(OCCO)cc1OCCO.[NaH]. The quantitative estimate of drug-likeness (QED) is 0.300. The van der Waals surface area contributed by atoms with Gasteiger partial charge in [0.25, 0.3) is 20.2 Å². The monoisotopic (exact) mass is 382 g/mol. The summed E-state index contributed by atoms with van der Waals surface area (Å²) in [5.74, 6) is -0.978. The van der Waals surface area contributed by atoms with Crippen molar-refractivity contribution in [3.8, 4) is 11.5 Å². The Labute approximate surface area is 154 Å². The third-order valence-electron chi connectivity index (χ3n) is 2.26. The van der Waals surface area contributed by atoms with E-state index in [0.29, 0.717) is 6.07 Å². The minimum atomic E-state index is -4.87. The van der Waals surface area contributed by atoms with E-state index in [1.165, 1.54) is 0 Å². The summed E-state index contributed by atoms with van der Waals surface area (Å²) in [7, 11) is -9.74. The van der Waals surface area contributed by atoms with Crippen molar-refractivity contribution in [3.63, 3.8) is 0 Å². The van der Waals surface area contributed by atoms with Crippen LogP contribution in [0.5, 0.6) is 11.5 Å². The molecule has 0 saturated carbocycles. The molecular formula is C10H15NaO10S2. The Hall–Kier alpha value is -0.440. The average molecular weight is 382 g/mol. The Bertz CT molecular complexity index is 669. The molecule has 13 heteroatoms. The second kappa shape index (κ2) is 9.15. The van der Waals surface area contributed by atoms with E-state index in [0.717, 1.165) is 6.07 Å². The first-order valence-electron chi connectivity index (χ1n) is 5.71. The van der Waals surface area contributed by atoms with E-state index in [-0.39, 0.29) is 42.8 Å². The van der Waals surface area contributed by atoms with Crippen molar-refractivity contribution >= 4 is 49.8 Å². The molecule has 0 saturated heterocycles. The van der Waals surface area contributed by atoms with E-state index < -0.39 is 54.7 Å². The van der Waals surface area contributed by atoms with Crippen LogP contribution in [0.1, 0.15) is 0 Å². The van der Waals surface area contributed by atoms with Crippen LogP contribution in [0, 0.1) is 0 Å². The molecule has 0 bridgehead atoms. The molecule has 0 aliphatic rings. The molecule has 0 aliphatic carbocycles. The van der Waals surface area contributed by atoms with Gasteiger partial charge < -0.3 is 19.7 Å². The summed E-state index contributed by atoms with van der Waals surface area (Å²) in [5, 5.41) is 17.4. The molecule has 0 amide bonds. The molecule has 0 aromatic heterocycles. The second-order valence-corrected chi connectivity index (χ2v) is 6.62. The van der Waals surface area contributed by atoms with Gasteiger partial charge in [0, 0.05) is 6.07 Å². The number of benzene rings is 1. The van der Waals surface area contributed by atoms with E-state index >= 15 is 0 Å². The minimum absolute atomic E-state index is 0. The van der Waals surface area contributed by atoms with E-state index in [2.05, 4.69) is 0 Å². The number of aliphatic hydroxyl groups excluding tert-OH is 2. The van der Waals surface area contributed by atoms with Crippen LogP contribution in [-0.4, -0.2) is 92.1 Å². The van der Waals surface area contributed by atoms with Gasteiger partial charge in [-0.2, -0.15) is 16.8 Å². The fourth-order valence-electron chi connectivity index (χ4n) is 1.46. The molecule has 0 atom stereocenters. The Balaban J connectivity index is 0.00000484. The van der Waals surface area contributed by atoms with Crippen LogP contribution in [0.4, 0.5) is 0 Å². The average Bonchev–Trinajstić information content (AvgIpc) is 2.39. The summed E-state index contributed by atoms with van der Waals surface area (Å²) in [5.41, 5.74) is 0. The van der Waals surface area contributed by atoms with Crippen molar-refractivity contribution in [3.05, 3.63) is 12.1 Å². The molecule has 0 spiro atoms. The summed E-state index contributed by atoms with van der Waals surface area (Å²) < 4.78 is 73.1. The maximum absolute atomic E-state index is 11.3. The third kappa shape index (κ3) is 6.52. The van der Waals surface area contributed by atoms with Crippen molar-refractivity contribution in [1.29, 1.82) is 0 Å². The van der Waals surface area contributed by atoms with Crippen molar-refractivity contribution in [2.75, 3.05) is 26.4 Å². The first-order chi connectivity index (χ1) is 10.1. The number of hydrogen-bond donors (Lipinski definition) is 4. The summed E-state index contributed by atoms with van der Waals surface area (Å²) in [6.07, 6.45) is 0. The summed E-state index contributed by atoms with van der Waals surface area (Å²) in [6.45, 7) is -1.63. The number of aliphatic hydroxyl groups is 2. The fourth-order valence-corrected chi connectivity index (χ4v) is 2.81. The molecule has 0 unspecified atom stereocenters. The molecule has 128 valence electrons. The van der Waals surface area contributed by atoms with Crippen LogP contribution in [0.15, 0.2) is 21.9 Å². The van der Waals surface area contributed by atoms with Crippen LogP contribution >= 0.6 is 0 Å². The van der Waals surface area contributed by atoms with E-state index in [1.807, 2.05) is 0 Å². The maximum atomic E-state index is 11.3. The number of hydrogen-bond acceptors (Lipinski definition) is 8. The first kappa shape index (κ1) is 22.6. The Morgan fingerprint density at radius 1 is 0.783 bits per heavy atom. The Morgan fingerprint density at radius 2 is 1.13 bits per heavy atom. The first-order valence-corrected chi connectivity index (χ1v) is 8.59. The van der Waals surface area contributed by atoms with Crippen LogP contribution in [0.25, 0.3) is 0 Å². The Kier molecular flexibility index (Phi) is 8.97. The zero-order valence-electron chi connectivity index (χ0n) is 11.0. The Morgan fingerprint density at radius 3 is 1.39 bits per heavy atom. The third-order valence-corrected chi connectivity index (χ3v) is 4.01. The van der Waals surface area contributed by atoms with Crippen LogP contribution < -0.4 is 9.47 Å². The van der Waals surface area contributed by atoms with Gasteiger partial charge in [0.2, 0.25) is 0 Å². The van der Waals surface area contributed by atoms with Gasteiger partial charge in [0.15, 0.2) is 0 Å². The van der Waals surface area contributed by atoms with Gasteiger partial charge in [-0.3, -0.25) is 9.11 Å². The molecule has 4 N–H and O–H groups in total. The van der Waals surface area contributed by atoms with Gasteiger partial charge in [0.1, 0.15) is 34.5 Å². The van der Waals surface area contributed by atoms with Gasteiger partial charge in [-0.15, -0.1) is 0 Å². The molecule has 1 aromatic carbocycles. The molecule has 0 heterocycles. The zero-order chi connectivity index (χ0) is 17.0. The van der Waals surface area contributed by atoms with Crippen LogP contribution in [0.3, 0.4) is 0 Å². The molecule has 1 rings (SSSR count). The van der Waals surface area contributed by atoms with E-state index in [1.54, 1.807) is 0 Å². The molecule has 0 radical (unpaired) electrons. The summed E-state index contributed by atoms with van der Waals surface area (Å²) in [4.78, 5) is -1.85. The van der Waals surface area contributed by atoms with Crippen molar-refractivity contribution in [1.82, 2.24) is 0 Å². The van der Waals surface area contributed by atoms with Crippen molar-refractivity contribution in [2.24, 2.45) is 0 Å². The van der Waals surface area contributed by atoms with Crippen molar-refractivity contribution in [2.45, 2.75) is 9.79 Å². The predicted molar refractivity (Wildman–Crippen MR) is 78.4 cm³/mol. The van der Waals surface area contributed by atoms with Gasteiger partial charge in [-0.25, -0.2) is 0 Å². The van der Waals surface area contributed by atoms with E-state index in [9.17, 15) is 16.8 Å². The molecular weight excluding hydrogens is 367 g/mol. The molecule has 23 heavy (non-hydrogen) atoms. The fraction of sp³-hybridized carbons (Fsp3) is 0.400. The van der Waals surface area contributed by atoms with Gasteiger partial charge >= 0.3 is 29.6 Å². The zero-order valence-corrected chi connectivity index (χ0v) is 12.7.